The minimum atomic E-state index is -0.220. The molecule has 3 heterocycles. The van der Waals surface area contributed by atoms with Gasteiger partial charge in [0.1, 0.15) is 36.7 Å². The highest BCUT2D eigenvalue weighted by Gasteiger charge is 2.33. The van der Waals surface area contributed by atoms with Gasteiger partial charge in [-0.15, -0.1) is 0 Å². The standard InChI is InChI=1S/C23H20BrNO5/c1-13-8-18(26)17(12-25-4-6-28-7-5-25)23-21(13)22(27)20(30-23)11-16-10-14-9-15(24)2-3-19(14)29-16/h2-3,8-11,26H,4-7,12H2,1H3. The summed E-state index contributed by atoms with van der Waals surface area (Å²) in [5, 5.41) is 13.6. The third-order valence-electron chi connectivity index (χ3n) is 5.60. The molecule has 0 radical (unpaired) electrons. The van der Waals surface area contributed by atoms with Crippen LogP contribution in [0.15, 0.2) is 45.0 Å². The molecule has 6 nitrogen and oxygen atoms in total. The number of Topliss-reactive ketones (excluding diaryl/α,β-unsaturated/α-hetero) is 1. The molecular weight excluding hydrogens is 450 g/mol. The van der Waals surface area contributed by atoms with Crippen LogP contribution in [0, 0.1) is 6.92 Å². The van der Waals surface area contributed by atoms with Gasteiger partial charge in [0.15, 0.2) is 5.76 Å². The van der Waals surface area contributed by atoms with E-state index in [9.17, 15) is 9.90 Å². The van der Waals surface area contributed by atoms with E-state index >= 15 is 0 Å². The maximum absolute atomic E-state index is 13.1. The first-order chi connectivity index (χ1) is 14.5. The molecule has 1 N–H and O–H groups in total. The van der Waals surface area contributed by atoms with Crippen LogP contribution in [0.1, 0.15) is 27.2 Å². The van der Waals surface area contributed by atoms with Gasteiger partial charge in [0, 0.05) is 21.5 Å². The van der Waals surface area contributed by atoms with E-state index in [1.54, 1.807) is 13.0 Å². The summed E-state index contributed by atoms with van der Waals surface area (Å²) in [6, 6.07) is 9.11. The molecule has 1 aromatic heterocycles. The van der Waals surface area contributed by atoms with Crippen LogP contribution in [0.5, 0.6) is 11.5 Å². The molecule has 0 spiro atoms. The number of benzene rings is 2. The van der Waals surface area contributed by atoms with Crippen LogP contribution in [0.4, 0.5) is 0 Å². The molecule has 5 rings (SSSR count). The smallest absolute Gasteiger partial charge is 0.232 e. The summed E-state index contributed by atoms with van der Waals surface area (Å²) in [7, 11) is 0. The highest BCUT2D eigenvalue weighted by atomic mass is 79.9. The number of carbonyl (C=O) groups is 1. The van der Waals surface area contributed by atoms with Crippen molar-refractivity contribution in [3.63, 3.8) is 0 Å². The number of hydrogen-bond acceptors (Lipinski definition) is 5. The van der Waals surface area contributed by atoms with Crippen molar-refractivity contribution in [3.05, 3.63) is 63.0 Å². The molecule has 1 saturated heterocycles. The number of fused-ring (bicyclic) bond motifs is 2. The minimum Gasteiger partial charge on any atom is -0.872 e. The number of allylic oxidation sites excluding steroid dienone is 1. The third kappa shape index (κ3) is 3.43. The maximum atomic E-state index is 13.1. The van der Waals surface area contributed by atoms with Gasteiger partial charge in [-0.05, 0) is 36.8 Å². The van der Waals surface area contributed by atoms with Gasteiger partial charge in [-0.1, -0.05) is 27.7 Å². The molecule has 3 aromatic rings. The molecule has 0 saturated carbocycles. The van der Waals surface area contributed by atoms with Gasteiger partial charge in [0.2, 0.25) is 5.78 Å². The van der Waals surface area contributed by atoms with Crippen LogP contribution in [-0.4, -0.2) is 32.1 Å². The largest absolute Gasteiger partial charge is 0.872 e. The highest BCUT2D eigenvalue weighted by Crippen LogP contribution is 2.40. The Balaban J connectivity index is 1.51. The predicted octanol–water partition coefficient (Wildman–Crippen LogP) is 2.61. The van der Waals surface area contributed by atoms with Crippen LogP contribution in [0.3, 0.4) is 0 Å². The topological polar surface area (TPSA) is 76.2 Å². The number of hydrogen-bond donors (Lipinski definition) is 1. The molecule has 0 aliphatic carbocycles. The van der Waals surface area contributed by atoms with Crippen molar-refractivity contribution in [3.8, 4) is 11.5 Å². The zero-order valence-electron chi connectivity index (χ0n) is 16.4. The lowest BCUT2D eigenvalue weighted by atomic mass is 9.99. The van der Waals surface area contributed by atoms with Gasteiger partial charge >= 0.3 is 0 Å². The molecular formula is C23H20BrNO5. The summed E-state index contributed by atoms with van der Waals surface area (Å²) in [4.78, 5) is 14.3. The van der Waals surface area contributed by atoms with E-state index in [-0.39, 0.29) is 17.3 Å². The quantitative estimate of drug-likeness (QED) is 0.596. The molecule has 30 heavy (non-hydrogen) atoms. The molecule has 0 unspecified atom stereocenters. The first-order valence-corrected chi connectivity index (χ1v) is 10.7. The Hall–Kier alpha value is -2.61. The number of halogens is 1. The van der Waals surface area contributed by atoms with Crippen molar-refractivity contribution >= 4 is 38.8 Å². The van der Waals surface area contributed by atoms with Crippen LogP contribution < -0.4 is 14.7 Å². The lowest BCUT2D eigenvalue weighted by Crippen LogP contribution is -3.12. The van der Waals surface area contributed by atoms with E-state index in [4.69, 9.17) is 13.9 Å². The zero-order chi connectivity index (χ0) is 20.8. The normalized spacial score (nSPS) is 18.2. The number of ketones is 1. The molecule has 1 fully saturated rings. The van der Waals surface area contributed by atoms with E-state index in [0.717, 1.165) is 28.5 Å². The van der Waals surface area contributed by atoms with Crippen molar-refractivity contribution in [2.24, 2.45) is 0 Å². The van der Waals surface area contributed by atoms with E-state index in [0.29, 0.717) is 48.0 Å². The first-order valence-electron chi connectivity index (χ1n) is 9.88. The summed E-state index contributed by atoms with van der Waals surface area (Å²) in [5.74, 6) is 0.791. The number of aryl methyl sites for hydroxylation is 1. The number of rotatable bonds is 3. The molecule has 2 aromatic carbocycles. The monoisotopic (exact) mass is 469 g/mol. The molecule has 2 aliphatic heterocycles. The number of nitrogens with one attached hydrogen (secondary N) is 1. The molecule has 2 aliphatic rings. The number of morpholine rings is 1. The summed E-state index contributed by atoms with van der Waals surface area (Å²) in [5.41, 5.74) is 2.39. The number of carbonyl (C=O) groups excluding carboxylic acids is 1. The van der Waals surface area contributed by atoms with Gasteiger partial charge in [0.25, 0.3) is 0 Å². The maximum Gasteiger partial charge on any atom is 0.232 e. The predicted molar refractivity (Wildman–Crippen MR) is 113 cm³/mol. The second kappa shape index (κ2) is 7.58. The summed E-state index contributed by atoms with van der Waals surface area (Å²) < 4.78 is 18.2. The van der Waals surface area contributed by atoms with Gasteiger partial charge in [0.05, 0.1) is 18.8 Å². The fourth-order valence-corrected chi connectivity index (χ4v) is 4.44. The van der Waals surface area contributed by atoms with Crippen molar-refractivity contribution in [2.45, 2.75) is 13.5 Å². The second-order valence-corrected chi connectivity index (χ2v) is 8.60. The van der Waals surface area contributed by atoms with Crippen molar-refractivity contribution in [1.29, 1.82) is 0 Å². The SMILES string of the molecule is Cc1cc([O-])c(C[NH+]2CCOCC2)c2c1C(=O)C(=Cc1cc3cc(Br)ccc3o1)O2. The van der Waals surface area contributed by atoms with Gasteiger partial charge in [-0.25, -0.2) is 0 Å². The molecule has 0 amide bonds. The van der Waals surface area contributed by atoms with E-state index in [1.807, 2.05) is 24.3 Å². The summed E-state index contributed by atoms with van der Waals surface area (Å²) in [6.07, 6.45) is 1.60. The Bertz CT molecular complexity index is 1190. The van der Waals surface area contributed by atoms with Gasteiger partial charge in [-0.3, -0.25) is 4.79 Å². The van der Waals surface area contributed by atoms with Crippen LogP contribution in [0.2, 0.25) is 0 Å². The average molecular weight is 470 g/mol. The number of furan rings is 1. The molecule has 0 atom stereocenters. The summed E-state index contributed by atoms with van der Waals surface area (Å²) >= 11 is 3.45. The van der Waals surface area contributed by atoms with Crippen molar-refractivity contribution < 1.29 is 28.7 Å². The Morgan fingerprint density at radius 1 is 1.20 bits per heavy atom. The Morgan fingerprint density at radius 3 is 2.80 bits per heavy atom. The number of quaternary nitrogens is 1. The van der Waals surface area contributed by atoms with E-state index in [2.05, 4.69) is 15.9 Å². The Kier molecular flexibility index (Phi) is 4.89. The van der Waals surface area contributed by atoms with Crippen molar-refractivity contribution in [2.75, 3.05) is 26.3 Å². The fourth-order valence-electron chi connectivity index (χ4n) is 4.06. The first kappa shape index (κ1) is 19.4. The summed E-state index contributed by atoms with van der Waals surface area (Å²) in [6.45, 7) is 5.29. The van der Waals surface area contributed by atoms with Crippen LogP contribution in [-0.2, 0) is 11.3 Å². The Morgan fingerprint density at radius 2 is 2.00 bits per heavy atom. The van der Waals surface area contributed by atoms with Crippen LogP contribution >= 0.6 is 15.9 Å². The Labute approximate surface area is 181 Å². The lowest BCUT2D eigenvalue weighted by molar-refractivity contribution is -0.921. The minimum absolute atomic E-state index is 0.0899. The van der Waals surface area contributed by atoms with Gasteiger partial charge < -0.3 is 23.9 Å². The molecule has 7 heteroatoms. The third-order valence-corrected chi connectivity index (χ3v) is 6.09. The molecule has 0 bridgehead atoms. The van der Waals surface area contributed by atoms with Crippen molar-refractivity contribution in [1.82, 2.24) is 0 Å². The lowest BCUT2D eigenvalue weighted by Gasteiger charge is -2.26. The highest BCUT2D eigenvalue weighted by molar-refractivity contribution is 9.10. The average Bonchev–Trinajstić information content (AvgIpc) is 3.26. The number of ether oxygens (including phenoxy) is 2. The second-order valence-electron chi connectivity index (χ2n) is 7.68. The zero-order valence-corrected chi connectivity index (χ0v) is 18.0. The fraction of sp³-hybridized carbons (Fsp3) is 0.261. The van der Waals surface area contributed by atoms with E-state index in [1.165, 1.54) is 11.0 Å². The molecule has 154 valence electrons. The van der Waals surface area contributed by atoms with E-state index < -0.39 is 0 Å². The van der Waals surface area contributed by atoms with Gasteiger partial charge in [-0.2, -0.15) is 0 Å². The van der Waals surface area contributed by atoms with Crippen LogP contribution in [0.25, 0.3) is 17.0 Å².